The molecule has 0 bridgehead atoms. The van der Waals surface area contributed by atoms with Gasteiger partial charge >= 0.3 is 0 Å². The first-order valence-electron chi connectivity index (χ1n) is 8.59. The summed E-state index contributed by atoms with van der Waals surface area (Å²) in [5.74, 6) is 0.291. The molecule has 0 fully saturated rings. The molecule has 1 atom stereocenters. The van der Waals surface area contributed by atoms with Crippen molar-refractivity contribution in [2.45, 2.75) is 19.9 Å². The van der Waals surface area contributed by atoms with Crippen molar-refractivity contribution in [2.24, 2.45) is 0 Å². The molecular weight excluding hydrogens is 362 g/mol. The number of oxazole rings is 1. The van der Waals surface area contributed by atoms with Crippen LogP contribution in [0.5, 0.6) is 0 Å². The van der Waals surface area contributed by atoms with Gasteiger partial charge in [0.25, 0.3) is 6.01 Å². The molecule has 3 aromatic heterocycles. The predicted molar refractivity (Wildman–Crippen MR) is 105 cm³/mol. The molecule has 4 aromatic rings. The number of rotatable bonds is 4. The summed E-state index contributed by atoms with van der Waals surface area (Å²) in [5.41, 5.74) is 14.6. The molecule has 3 heterocycles. The summed E-state index contributed by atoms with van der Waals surface area (Å²) in [6, 6.07) is 4.97. The highest BCUT2D eigenvalue weighted by molar-refractivity contribution is 5.99. The Balaban J connectivity index is 0.000000516. The summed E-state index contributed by atoms with van der Waals surface area (Å²) in [4.78, 5) is 23.6. The number of nitrogens with zero attached hydrogens (tertiary/aromatic N) is 5. The lowest BCUT2D eigenvalue weighted by Crippen LogP contribution is -2.08. The number of ether oxygens (including phenoxy) is 1. The minimum Gasteiger partial charge on any atom is -0.424 e. The normalized spacial score (nSPS) is 12.0. The lowest BCUT2D eigenvalue weighted by atomic mass is 10.1. The number of hydrogen-bond acceptors (Lipinski definition) is 9. The van der Waals surface area contributed by atoms with Gasteiger partial charge in [-0.3, -0.25) is 0 Å². The Morgan fingerprint density at radius 3 is 2.75 bits per heavy atom. The lowest BCUT2D eigenvalue weighted by molar-refractivity contribution is -0.110. The molecule has 0 saturated heterocycles. The number of nitrogen functional groups attached to an aromatic ring is 2. The van der Waals surface area contributed by atoms with Gasteiger partial charge in [0, 0.05) is 19.3 Å². The zero-order valence-electron chi connectivity index (χ0n) is 15.8. The highest BCUT2D eigenvalue weighted by Gasteiger charge is 2.20. The van der Waals surface area contributed by atoms with Crippen molar-refractivity contribution in [3.05, 3.63) is 24.5 Å². The average Bonchev–Trinajstić information content (AvgIpc) is 3.27. The number of benzene rings is 1. The monoisotopic (exact) mass is 383 g/mol. The van der Waals surface area contributed by atoms with Crippen LogP contribution in [0.1, 0.15) is 19.9 Å². The summed E-state index contributed by atoms with van der Waals surface area (Å²) in [6.45, 7) is 4.50. The number of hydrogen-bond donors (Lipinski definition) is 2. The molecule has 0 amide bonds. The van der Waals surface area contributed by atoms with Crippen LogP contribution in [0.15, 0.2) is 28.9 Å². The van der Waals surface area contributed by atoms with Crippen molar-refractivity contribution in [2.75, 3.05) is 25.2 Å². The molecule has 28 heavy (non-hydrogen) atoms. The van der Waals surface area contributed by atoms with E-state index in [9.17, 15) is 4.79 Å². The number of anilines is 2. The molecular formula is C18H21N7O3. The van der Waals surface area contributed by atoms with E-state index in [2.05, 4.69) is 24.8 Å². The molecule has 10 heteroatoms. The molecule has 0 saturated carbocycles. The maximum absolute atomic E-state index is 11.2. The summed E-state index contributed by atoms with van der Waals surface area (Å²) in [6.07, 6.45) is 2.13. The zero-order valence-corrected chi connectivity index (χ0v) is 15.8. The van der Waals surface area contributed by atoms with E-state index in [4.69, 9.17) is 15.9 Å². The van der Waals surface area contributed by atoms with Gasteiger partial charge in [-0.05, 0) is 32.0 Å². The van der Waals surface area contributed by atoms with E-state index in [-0.39, 0.29) is 6.01 Å². The minimum absolute atomic E-state index is 0.0926. The number of fused-ring (bicyclic) bond motifs is 2. The van der Waals surface area contributed by atoms with Crippen molar-refractivity contribution in [1.82, 2.24) is 24.7 Å². The summed E-state index contributed by atoms with van der Waals surface area (Å²) < 4.78 is 11.3. The number of aromatic nitrogens is 5. The maximum Gasteiger partial charge on any atom is 0.292 e. The second kappa shape index (κ2) is 8.01. The maximum atomic E-state index is 11.2. The smallest absolute Gasteiger partial charge is 0.292 e. The fourth-order valence-electron chi connectivity index (χ4n) is 2.63. The third-order valence-corrected chi connectivity index (χ3v) is 4.07. The van der Waals surface area contributed by atoms with E-state index in [0.717, 1.165) is 18.5 Å². The van der Waals surface area contributed by atoms with Crippen LogP contribution in [0, 0.1) is 0 Å². The van der Waals surface area contributed by atoms with Crippen molar-refractivity contribution >= 4 is 40.3 Å². The van der Waals surface area contributed by atoms with Crippen molar-refractivity contribution in [1.29, 1.82) is 0 Å². The lowest BCUT2D eigenvalue weighted by Gasteiger charge is -2.04. The number of methoxy groups -OCH3 is 1. The summed E-state index contributed by atoms with van der Waals surface area (Å²) >= 11 is 0. The van der Waals surface area contributed by atoms with Crippen molar-refractivity contribution < 1.29 is 13.9 Å². The van der Waals surface area contributed by atoms with Crippen LogP contribution in [0.25, 0.3) is 33.4 Å². The first kappa shape index (κ1) is 19.2. The standard InChI is InChI=1S/C15H13N7O2.C3H8O/c1-7(5-23)22-14-11(13(16)18-6-19-14)12(21-22)8-2-3-10-9(4-8)20-15(17)24-10;1-3-4-2/h2-7H,1H3,(H2,17,20)(H2,16,18,19);3H2,1-2H3. The quantitative estimate of drug-likeness (QED) is 0.506. The Kier molecular flexibility index (Phi) is 5.50. The van der Waals surface area contributed by atoms with Gasteiger partial charge in [0.2, 0.25) is 0 Å². The third kappa shape index (κ3) is 3.49. The minimum atomic E-state index is -0.484. The van der Waals surface area contributed by atoms with Gasteiger partial charge in [-0.15, -0.1) is 0 Å². The highest BCUT2D eigenvalue weighted by Crippen LogP contribution is 2.33. The molecule has 1 unspecified atom stereocenters. The van der Waals surface area contributed by atoms with Crippen LogP contribution in [0.2, 0.25) is 0 Å². The van der Waals surface area contributed by atoms with Crippen LogP contribution < -0.4 is 11.5 Å². The fraction of sp³-hybridized carbons (Fsp3) is 0.278. The van der Waals surface area contributed by atoms with Gasteiger partial charge in [-0.25, -0.2) is 14.6 Å². The zero-order chi connectivity index (χ0) is 20.3. The Labute approximate surface area is 160 Å². The van der Waals surface area contributed by atoms with Gasteiger partial charge in [-0.1, -0.05) is 0 Å². The van der Waals surface area contributed by atoms with Crippen LogP contribution in [-0.4, -0.2) is 44.7 Å². The van der Waals surface area contributed by atoms with E-state index in [1.54, 1.807) is 26.2 Å². The van der Waals surface area contributed by atoms with Gasteiger partial charge in [0.1, 0.15) is 35.7 Å². The Morgan fingerprint density at radius 2 is 2.07 bits per heavy atom. The van der Waals surface area contributed by atoms with Gasteiger partial charge in [-0.2, -0.15) is 10.1 Å². The second-order valence-electron chi connectivity index (χ2n) is 5.94. The average molecular weight is 383 g/mol. The van der Waals surface area contributed by atoms with Gasteiger partial charge in [0.05, 0.1) is 5.39 Å². The molecule has 0 aliphatic heterocycles. The Hall–Kier alpha value is -3.53. The van der Waals surface area contributed by atoms with Crippen molar-refractivity contribution in [3.63, 3.8) is 0 Å². The van der Waals surface area contributed by atoms with Gasteiger partial charge < -0.3 is 25.4 Å². The van der Waals surface area contributed by atoms with Crippen molar-refractivity contribution in [3.8, 4) is 11.3 Å². The molecule has 10 nitrogen and oxygen atoms in total. The van der Waals surface area contributed by atoms with Crippen LogP contribution in [-0.2, 0) is 9.53 Å². The predicted octanol–water partition coefficient (Wildman–Crippen LogP) is 2.21. The van der Waals surface area contributed by atoms with E-state index in [0.29, 0.717) is 33.6 Å². The van der Waals surface area contributed by atoms with Crippen LogP contribution in [0.4, 0.5) is 11.8 Å². The Bertz CT molecular complexity index is 1120. The largest absolute Gasteiger partial charge is 0.424 e. The third-order valence-electron chi connectivity index (χ3n) is 4.07. The summed E-state index contributed by atoms with van der Waals surface area (Å²) in [5, 5.41) is 5.10. The van der Waals surface area contributed by atoms with E-state index < -0.39 is 6.04 Å². The number of aldehydes is 1. The fourth-order valence-corrected chi connectivity index (χ4v) is 2.63. The highest BCUT2D eigenvalue weighted by atomic mass is 16.5. The first-order chi connectivity index (χ1) is 13.5. The Morgan fingerprint density at radius 1 is 1.32 bits per heavy atom. The molecule has 4 rings (SSSR count). The molecule has 0 aliphatic carbocycles. The summed E-state index contributed by atoms with van der Waals surface area (Å²) in [7, 11) is 1.68. The molecule has 146 valence electrons. The molecule has 0 radical (unpaired) electrons. The molecule has 1 aromatic carbocycles. The number of nitrogens with two attached hydrogens (primary N) is 2. The molecule has 4 N–H and O–H groups in total. The topological polar surface area (TPSA) is 148 Å². The van der Waals surface area contributed by atoms with Crippen LogP contribution >= 0.6 is 0 Å². The van der Waals surface area contributed by atoms with Crippen LogP contribution in [0.3, 0.4) is 0 Å². The molecule has 0 spiro atoms. The first-order valence-corrected chi connectivity index (χ1v) is 8.59. The number of carbonyl (C=O) groups is 1. The van der Waals surface area contributed by atoms with E-state index in [1.165, 1.54) is 11.0 Å². The number of carbonyl (C=O) groups excluding carboxylic acids is 1. The van der Waals surface area contributed by atoms with E-state index >= 15 is 0 Å². The molecule has 0 aliphatic rings. The second-order valence-corrected chi connectivity index (χ2v) is 5.94. The van der Waals surface area contributed by atoms with E-state index in [1.807, 2.05) is 13.0 Å². The van der Waals surface area contributed by atoms with Gasteiger partial charge in [0.15, 0.2) is 11.2 Å². The SMILES string of the molecule is CC(C=O)n1nc(-c2ccc3oc(N)nc3c2)c2c(N)ncnc21.CCOC.